The molecule has 0 heterocycles. The fraction of sp³-hybridized carbons (Fsp3) is 0.829. The zero-order chi connectivity index (χ0) is 32.9. The Hall–Kier alpha value is -1.39. The molecule has 0 rings (SSSR count). The Labute approximate surface area is 281 Å². The van der Waals surface area contributed by atoms with Crippen LogP contribution < -0.4 is 5.32 Å². The second-order valence-electron chi connectivity index (χ2n) is 13.4. The van der Waals surface area contributed by atoms with E-state index in [0.717, 1.165) is 51.4 Å². The van der Waals surface area contributed by atoms with Crippen molar-refractivity contribution in [3.63, 3.8) is 0 Å². The van der Waals surface area contributed by atoms with Gasteiger partial charge in [0.05, 0.1) is 18.8 Å². The van der Waals surface area contributed by atoms with E-state index in [0.29, 0.717) is 12.8 Å². The van der Waals surface area contributed by atoms with Crippen LogP contribution in [-0.4, -0.2) is 34.9 Å². The topological polar surface area (TPSA) is 69.6 Å². The molecule has 3 N–H and O–H groups in total. The molecule has 0 aromatic heterocycles. The van der Waals surface area contributed by atoms with Crippen molar-refractivity contribution in [1.29, 1.82) is 0 Å². The molecular formula is C41H77NO3. The molecule has 0 aliphatic rings. The molecule has 0 fully saturated rings. The van der Waals surface area contributed by atoms with E-state index in [9.17, 15) is 15.0 Å². The van der Waals surface area contributed by atoms with Crippen molar-refractivity contribution in [3.05, 3.63) is 36.5 Å². The van der Waals surface area contributed by atoms with Gasteiger partial charge < -0.3 is 15.5 Å². The van der Waals surface area contributed by atoms with Crippen molar-refractivity contribution in [2.75, 3.05) is 6.61 Å². The van der Waals surface area contributed by atoms with Crippen LogP contribution in [0.15, 0.2) is 36.5 Å². The summed E-state index contributed by atoms with van der Waals surface area (Å²) in [6, 6.07) is -0.541. The van der Waals surface area contributed by atoms with Crippen molar-refractivity contribution in [1.82, 2.24) is 5.32 Å². The molecule has 0 saturated heterocycles. The lowest BCUT2D eigenvalue weighted by Crippen LogP contribution is -2.45. The maximum Gasteiger partial charge on any atom is 0.220 e. The van der Waals surface area contributed by atoms with E-state index in [2.05, 4.69) is 55.6 Å². The quantitative estimate of drug-likeness (QED) is 0.0481. The Morgan fingerprint density at radius 1 is 0.533 bits per heavy atom. The number of hydrogen-bond donors (Lipinski definition) is 3. The molecule has 4 nitrogen and oxygen atoms in total. The Kier molecular flexibility index (Phi) is 35.9. The van der Waals surface area contributed by atoms with Crippen molar-refractivity contribution in [3.8, 4) is 0 Å². The lowest BCUT2D eigenvalue weighted by molar-refractivity contribution is -0.123. The van der Waals surface area contributed by atoms with Crippen LogP contribution in [0.25, 0.3) is 0 Å². The third-order valence-corrected chi connectivity index (χ3v) is 8.90. The first-order valence-corrected chi connectivity index (χ1v) is 19.7. The maximum absolute atomic E-state index is 12.3. The number of nitrogens with one attached hydrogen (secondary N) is 1. The number of aliphatic hydroxyl groups is 2. The van der Waals surface area contributed by atoms with E-state index in [-0.39, 0.29) is 12.5 Å². The molecule has 4 heteroatoms. The van der Waals surface area contributed by atoms with Gasteiger partial charge in [0.25, 0.3) is 0 Å². The van der Waals surface area contributed by atoms with E-state index in [1.807, 2.05) is 0 Å². The van der Waals surface area contributed by atoms with Crippen LogP contribution in [0.2, 0.25) is 0 Å². The van der Waals surface area contributed by atoms with Crippen molar-refractivity contribution in [2.24, 2.45) is 0 Å². The molecule has 0 spiro atoms. The van der Waals surface area contributed by atoms with Crippen molar-refractivity contribution < 1.29 is 15.0 Å². The van der Waals surface area contributed by atoms with Gasteiger partial charge in [-0.3, -0.25) is 4.79 Å². The molecule has 1 amide bonds. The lowest BCUT2D eigenvalue weighted by Gasteiger charge is -2.22. The standard InChI is InChI=1S/C41H77NO3/c1-3-5-7-9-11-13-15-17-18-19-20-21-22-23-24-25-27-29-31-33-35-37-41(45)42-39(38-43)40(44)36-34-32-30-28-26-16-14-12-10-8-6-4-2/h15,17,19-20,22-23,39-40,43-44H,3-14,16,18,21,24-38H2,1-2H3,(H,42,45)/b17-15-,20-19-,23-22-. The predicted molar refractivity (Wildman–Crippen MR) is 198 cm³/mol. The molecule has 0 aromatic rings. The molecule has 45 heavy (non-hydrogen) atoms. The summed E-state index contributed by atoms with van der Waals surface area (Å²) >= 11 is 0. The number of rotatable bonds is 35. The highest BCUT2D eigenvalue weighted by Gasteiger charge is 2.19. The summed E-state index contributed by atoms with van der Waals surface area (Å²) in [6.45, 7) is 4.33. The number of amides is 1. The molecule has 0 aliphatic carbocycles. The summed E-state index contributed by atoms with van der Waals surface area (Å²) in [5.74, 6) is -0.0455. The molecule has 0 saturated carbocycles. The number of allylic oxidation sites excluding steroid dienone is 6. The first kappa shape index (κ1) is 43.6. The fourth-order valence-corrected chi connectivity index (χ4v) is 5.84. The van der Waals surface area contributed by atoms with Crippen LogP contribution >= 0.6 is 0 Å². The normalized spacial score (nSPS) is 13.4. The Morgan fingerprint density at radius 3 is 1.36 bits per heavy atom. The zero-order valence-corrected chi connectivity index (χ0v) is 30.1. The van der Waals surface area contributed by atoms with Gasteiger partial charge in [0.15, 0.2) is 0 Å². The number of hydrogen-bond acceptors (Lipinski definition) is 3. The summed E-state index contributed by atoms with van der Waals surface area (Å²) in [5, 5.41) is 23.0. The van der Waals surface area contributed by atoms with Crippen LogP contribution in [-0.2, 0) is 4.79 Å². The van der Waals surface area contributed by atoms with Gasteiger partial charge >= 0.3 is 0 Å². The first-order chi connectivity index (χ1) is 22.2. The summed E-state index contributed by atoms with van der Waals surface area (Å²) in [5.41, 5.74) is 0. The molecule has 0 radical (unpaired) electrons. The highest BCUT2D eigenvalue weighted by Crippen LogP contribution is 2.14. The SMILES string of the molecule is CCCCCCC/C=C\C/C=C\C/C=C\CCCCCCCCC(=O)NC(CO)C(O)CCCCCCCCCCCCCC. The largest absolute Gasteiger partial charge is 0.394 e. The molecular weight excluding hydrogens is 554 g/mol. The average molecular weight is 632 g/mol. The lowest BCUT2D eigenvalue weighted by atomic mass is 10.0. The number of carbonyl (C=O) groups excluding carboxylic acids is 1. The number of carbonyl (C=O) groups is 1. The molecule has 0 aliphatic heterocycles. The second kappa shape index (κ2) is 37.1. The smallest absolute Gasteiger partial charge is 0.220 e. The van der Waals surface area contributed by atoms with Crippen LogP contribution in [0.4, 0.5) is 0 Å². The molecule has 2 atom stereocenters. The Morgan fingerprint density at radius 2 is 0.911 bits per heavy atom. The van der Waals surface area contributed by atoms with Gasteiger partial charge in [-0.25, -0.2) is 0 Å². The third kappa shape index (κ3) is 33.8. The summed E-state index contributed by atoms with van der Waals surface area (Å²) in [7, 11) is 0. The van der Waals surface area contributed by atoms with Gasteiger partial charge in [-0.05, 0) is 51.4 Å². The second-order valence-corrected chi connectivity index (χ2v) is 13.4. The first-order valence-electron chi connectivity index (χ1n) is 19.7. The summed E-state index contributed by atoms with van der Waals surface area (Å²) < 4.78 is 0. The zero-order valence-electron chi connectivity index (χ0n) is 30.1. The monoisotopic (exact) mass is 632 g/mol. The van der Waals surface area contributed by atoms with Crippen LogP contribution in [0.5, 0.6) is 0 Å². The van der Waals surface area contributed by atoms with Crippen LogP contribution in [0.1, 0.15) is 200 Å². The van der Waals surface area contributed by atoms with E-state index < -0.39 is 12.1 Å². The Balaban J connectivity index is 3.59. The average Bonchev–Trinajstić information content (AvgIpc) is 3.04. The van der Waals surface area contributed by atoms with Gasteiger partial charge in [-0.1, -0.05) is 179 Å². The van der Waals surface area contributed by atoms with Crippen molar-refractivity contribution >= 4 is 5.91 Å². The summed E-state index contributed by atoms with van der Waals surface area (Å²) in [4.78, 5) is 12.3. The molecule has 0 bridgehead atoms. The van der Waals surface area contributed by atoms with Gasteiger partial charge in [0, 0.05) is 6.42 Å². The van der Waals surface area contributed by atoms with Gasteiger partial charge in [-0.15, -0.1) is 0 Å². The van der Waals surface area contributed by atoms with Crippen molar-refractivity contribution in [2.45, 2.75) is 212 Å². The van der Waals surface area contributed by atoms with E-state index in [1.54, 1.807) is 0 Å². The molecule has 264 valence electrons. The predicted octanol–water partition coefficient (Wildman–Crippen LogP) is 11.8. The van der Waals surface area contributed by atoms with E-state index >= 15 is 0 Å². The van der Waals surface area contributed by atoms with Gasteiger partial charge in [0.2, 0.25) is 5.91 Å². The number of unbranched alkanes of at least 4 members (excludes halogenated alkanes) is 22. The minimum absolute atomic E-state index is 0.0455. The highest BCUT2D eigenvalue weighted by atomic mass is 16.3. The van der Waals surface area contributed by atoms with E-state index in [4.69, 9.17) is 0 Å². The fourth-order valence-electron chi connectivity index (χ4n) is 5.84. The van der Waals surface area contributed by atoms with Gasteiger partial charge in [0.1, 0.15) is 0 Å². The number of aliphatic hydroxyl groups excluding tert-OH is 2. The highest BCUT2D eigenvalue weighted by molar-refractivity contribution is 5.76. The minimum atomic E-state index is -0.663. The molecule has 2 unspecified atom stereocenters. The minimum Gasteiger partial charge on any atom is -0.394 e. The van der Waals surface area contributed by atoms with Crippen LogP contribution in [0, 0.1) is 0 Å². The Bertz CT molecular complexity index is 686. The van der Waals surface area contributed by atoms with Gasteiger partial charge in [-0.2, -0.15) is 0 Å². The van der Waals surface area contributed by atoms with Crippen LogP contribution in [0.3, 0.4) is 0 Å². The maximum atomic E-state index is 12.3. The molecule has 0 aromatic carbocycles. The van der Waals surface area contributed by atoms with E-state index in [1.165, 1.54) is 122 Å². The third-order valence-electron chi connectivity index (χ3n) is 8.90. The summed E-state index contributed by atoms with van der Waals surface area (Å²) in [6.07, 6.45) is 47.7.